The van der Waals surface area contributed by atoms with Crippen molar-refractivity contribution in [1.82, 2.24) is 10.0 Å². The summed E-state index contributed by atoms with van der Waals surface area (Å²) in [5.41, 5.74) is 2.49. The van der Waals surface area contributed by atoms with Gasteiger partial charge in [0.05, 0.1) is 12.1 Å². The summed E-state index contributed by atoms with van der Waals surface area (Å²) in [7, 11) is 4.21. The van der Waals surface area contributed by atoms with E-state index in [0.717, 1.165) is 6.42 Å². The molecule has 2 nitrogen and oxygen atoms in total. The molecule has 0 saturated carbocycles. The molecule has 112 valence electrons. The van der Waals surface area contributed by atoms with Crippen molar-refractivity contribution in [3.8, 4) is 0 Å². The van der Waals surface area contributed by atoms with E-state index < -0.39 is 0 Å². The molecule has 0 bridgehead atoms. The lowest BCUT2D eigenvalue weighted by molar-refractivity contribution is 0.0252. The van der Waals surface area contributed by atoms with Crippen LogP contribution in [0, 0.1) is 5.82 Å². The van der Waals surface area contributed by atoms with Gasteiger partial charge >= 0.3 is 0 Å². The molecule has 0 aliphatic carbocycles. The quantitative estimate of drug-likeness (QED) is 0.692. The predicted molar refractivity (Wildman–Crippen MR) is 93.9 cm³/mol. The molecular weight excluding hydrogens is 378 g/mol. The fraction of sp³-hybridized carbons (Fsp3) is 0.294. The van der Waals surface area contributed by atoms with Crippen LogP contribution in [0.4, 0.5) is 4.39 Å². The molecule has 2 unspecified atom stereocenters. The summed E-state index contributed by atoms with van der Waals surface area (Å²) in [6.45, 7) is 0. The third kappa shape index (κ3) is 3.27. The Hall–Kier alpha value is -0.980. The first-order chi connectivity index (χ1) is 9.66. The summed E-state index contributed by atoms with van der Waals surface area (Å²) in [5, 5.41) is 4.51. The average molecular weight is 398 g/mol. The highest BCUT2D eigenvalue weighted by molar-refractivity contribution is 14.0. The van der Waals surface area contributed by atoms with Crippen molar-refractivity contribution in [3.05, 3.63) is 71.5 Å². The van der Waals surface area contributed by atoms with Gasteiger partial charge in [0.2, 0.25) is 0 Å². The lowest BCUT2D eigenvalue weighted by Gasteiger charge is -2.28. The Morgan fingerprint density at radius 3 is 1.81 bits per heavy atom. The Labute approximate surface area is 142 Å². The molecule has 2 aromatic carbocycles. The van der Waals surface area contributed by atoms with E-state index in [2.05, 4.69) is 48.4 Å². The van der Waals surface area contributed by atoms with Gasteiger partial charge in [0.15, 0.2) is 0 Å². The molecule has 2 aromatic rings. The maximum Gasteiger partial charge on any atom is 0.123 e. The standard InChI is InChI=1S/C17H19FN2.HI/c1-19-16(13-6-4-3-5-7-13)12-17(20(19)2)14-8-10-15(18)11-9-14;/h3-11,16-17H,12H2,1-2H3;1H. The van der Waals surface area contributed by atoms with Crippen LogP contribution < -0.4 is 0 Å². The van der Waals surface area contributed by atoms with Gasteiger partial charge in [-0.2, -0.15) is 0 Å². The zero-order chi connectivity index (χ0) is 14.1. The van der Waals surface area contributed by atoms with Gasteiger partial charge in [-0.25, -0.2) is 14.4 Å². The van der Waals surface area contributed by atoms with Crippen molar-refractivity contribution in [3.63, 3.8) is 0 Å². The molecule has 1 saturated heterocycles. The summed E-state index contributed by atoms with van der Waals surface area (Å²) >= 11 is 0. The molecule has 1 aliphatic rings. The van der Waals surface area contributed by atoms with E-state index in [1.807, 2.05) is 18.2 Å². The Kier molecular flexibility index (Phi) is 5.35. The smallest absolute Gasteiger partial charge is 0.123 e. The molecule has 0 aromatic heterocycles. The number of benzene rings is 2. The van der Waals surface area contributed by atoms with Crippen molar-refractivity contribution in [2.24, 2.45) is 0 Å². The summed E-state index contributed by atoms with van der Waals surface area (Å²) in [4.78, 5) is 0. The van der Waals surface area contributed by atoms with Gasteiger partial charge in [-0.1, -0.05) is 42.5 Å². The van der Waals surface area contributed by atoms with Gasteiger partial charge in [-0.05, 0) is 29.7 Å². The van der Waals surface area contributed by atoms with Crippen LogP contribution in [0.1, 0.15) is 29.6 Å². The number of halogens is 2. The Morgan fingerprint density at radius 1 is 0.810 bits per heavy atom. The molecule has 0 radical (unpaired) electrons. The molecule has 21 heavy (non-hydrogen) atoms. The van der Waals surface area contributed by atoms with Crippen LogP contribution >= 0.6 is 24.0 Å². The first-order valence-electron chi connectivity index (χ1n) is 6.93. The lowest BCUT2D eigenvalue weighted by Crippen LogP contribution is -2.32. The van der Waals surface area contributed by atoms with Crippen LogP contribution in [-0.2, 0) is 0 Å². The fourth-order valence-electron chi connectivity index (χ4n) is 3.02. The van der Waals surface area contributed by atoms with Gasteiger partial charge in [0.1, 0.15) is 5.82 Å². The van der Waals surface area contributed by atoms with Crippen LogP contribution in [0.15, 0.2) is 54.6 Å². The maximum absolute atomic E-state index is 13.1. The van der Waals surface area contributed by atoms with Crippen LogP contribution in [0.2, 0.25) is 0 Å². The number of hydrazine groups is 1. The van der Waals surface area contributed by atoms with Gasteiger partial charge in [-0.15, -0.1) is 24.0 Å². The number of hydrogen-bond donors (Lipinski definition) is 0. The normalized spacial score (nSPS) is 23.0. The Bertz CT molecular complexity index is 573. The summed E-state index contributed by atoms with van der Waals surface area (Å²) in [5.74, 6) is -0.178. The first kappa shape index (κ1) is 16.4. The zero-order valence-electron chi connectivity index (χ0n) is 12.2. The summed E-state index contributed by atoms with van der Waals surface area (Å²) in [6, 6.07) is 18.1. The van der Waals surface area contributed by atoms with Crippen LogP contribution in [0.3, 0.4) is 0 Å². The third-order valence-corrected chi connectivity index (χ3v) is 4.29. The SMILES string of the molecule is CN1C(c2ccccc2)CC(c2ccc(F)cc2)N1C.I. The van der Waals surface area contributed by atoms with E-state index in [9.17, 15) is 4.39 Å². The van der Waals surface area contributed by atoms with E-state index in [1.165, 1.54) is 11.1 Å². The molecule has 3 rings (SSSR count). The first-order valence-corrected chi connectivity index (χ1v) is 6.93. The van der Waals surface area contributed by atoms with E-state index in [1.54, 1.807) is 12.1 Å². The van der Waals surface area contributed by atoms with Crippen LogP contribution in [0.5, 0.6) is 0 Å². The minimum atomic E-state index is -0.178. The van der Waals surface area contributed by atoms with Gasteiger partial charge in [0.25, 0.3) is 0 Å². The van der Waals surface area contributed by atoms with E-state index >= 15 is 0 Å². The minimum Gasteiger partial charge on any atom is -0.237 e. The number of nitrogens with zero attached hydrogens (tertiary/aromatic N) is 2. The highest BCUT2D eigenvalue weighted by atomic mass is 127. The zero-order valence-corrected chi connectivity index (χ0v) is 14.6. The fourth-order valence-corrected chi connectivity index (χ4v) is 3.02. The molecule has 1 fully saturated rings. The molecule has 0 spiro atoms. The highest BCUT2D eigenvalue weighted by Gasteiger charge is 2.36. The third-order valence-electron chi connectivity index (χ3n) is 4.29. The second kappa shape index (κ2) is 6.85. The molecule has 0 N–H and O–H groups in total. The van der Waals surface area contributed by atoms with Gasteiger partial charge in [0, 0.05) is 14.1 Å². The Balaban J connectivity index is 0.00000161. The molecule has 0 amide bonds. The average Bonchev–Trinajstić information content (AvgIpc) is 2.77. The Morgan fingerprint density at radius 2 is 1.29 bits per heavy atom. The van der Waals surface area contributed by atoms with Gasteiger partial charge in [-0.3, -0.25) is 0 Å². The molecular formula is C17H20FIN2. The second-order valence-corrected chi connectivity index (χ2v) is 5.38. The van der Waals surface area contributed by atoms with E-state index in [0.29, 0.717) is 12.1 Å². The predicted octanol–water partition coefficient (Wildman–Crippen LogP) is 4.41. The maximum atomic E-state index is 13.1. The highest BCUT2D eigenvalue weighted by Crippen LogP contribution is 2.41. The topological polar surface area (TPSA) is 6.48 Å². The molecule has 1 aliphatic heterocycles. The molecule has 2 atom stereocenters. The van der Waals surface area contributed by atoms with Crippen molar-refractivity contribution in [2.45, 2.75) is 18.5 Å². The molecule has 4 heteroatoms. The van der Waals surface area contributed by atoms with Crippen LogP contribution in [0.25, 0.3) is 0 Å². The second-order valence-electron chi connectivity index (χ2n) is 5.38. The van der Waals surface area contributed by atoms with E-state index in [-0.39, 0.29) is 29.8 Å². The lowest BCUT2D eigenvalue weighted by atomic mass is 9.97. The van der Waals surface area contributed by atoms with Crippen LogP contribution in [-0.4, -0.2) is 24.1 Å². The van der Waals surface area contributed by atoms with Crippen molar-refractivity contribution < 1.29 is 4.39 Å². The summed E-state index contributed by atoms with van der Waals surface area (Å²) in [6.07, 6.45) is 1.02. The largest absolute Gasteiger partial charge is 0.237 e. The number of hydrogen-bond acceptors (Lipinski definition) is 2. The number of rotatable bonds is 2. The van der Waals surface area contributed by atoms with Gasteiger partial charge < -0.3 is 0 Å². The minimum absolute atomic E-state index is 0. The van der Waals surface area contributed by atoms with E-state index in [4.69, 9.17) is 0 Å². The van der Waals surface area contributed by atoms with Crippen molar-refractivity contribution >= 4 is 24.0 Å². The van der Waals surface area contributed by atoms with Crippen molar-refractivity contribution in [2.75, 3.05) is 14.1 Å². The molecule has 1 heterocycles. The summed E-state index contributed by atoms with van der Waals surface area (Å²) < 4.78 is 13.1. The monoisotopic (exact) mass is 398 g/mol. The van der Waals surface area contributed by atoms with Crippen molar-refractivity contribution in [1.29, 1.82) is 0 Å².